The number of halogens is 1. The summed E-state index contributed by atoms with van der Waals surface area (Å²) >= 11 is 0. The van der Waals surface area contributed by atoms with Crippen molar-refractivity contribution in [2.75, 3.05) is 40.0 Å². The lowest BCUT2D eigenvalue weighted by atomic mass is 9.96. The van der Waals surface area contributed by atoms with Gasteiger partial charge in [0.15, 0.2) is 0 Å². The number of hydrogen-bond acceptors (Lipinski definition) is 6. The fraction of sp³-hybridized carbons (Fsp3) is 0.519. The van der Waals surface area contributed by atoms with E-state index in [0.717, 1.165) is 0 Å². The molecule has 1 aromatic heterocycles. The van der Waals surface area contributed by atoms with E-state index in [2.05, 4.69) is 4.98 Å². The van der Waals surface area contributed by atoms with Crippen molar-refractivity contribution >= 4 is 11.8 Å². The number of likely N-dealkylation sites (N-methyl/N-ethyl adjacent to an activating group) is 1. The van der Waals surface area contributed by atoms with E-state index in [-0.39, 0.29) is 41.7 Å². The molecule has 4 rings (SSSR count). The molecule has 1 aromatic carbocycles. The number of carbonyl (C=O) groups is 2. The molecule has 3 atom stereocenters. The first-order valence-electron chi connectivity index (χ1n) is 12.5. The predicted molar refractivity (Wildman–Crippen MR) is 132 cm³/mol. The maximum Gasteiger partial charge on any atom is 0.259 e. The maximum atomic E-state index is 14.5. The molecule has 1 saturated heterocycles. The summed E-state index contributed by atoms with van der Waals surface area (Å²) in [5.74, 6) is -0.787. The van der Waals surface area contributed by atoms with Crippen molar-refractivity contribution in [1.29, 1.82) is 0 Å². The SMILES string of the molecule is C[C@H](CO)N1C[C@H](C)[C@H](CN(C)C(=O)C2CCOCC2)Oc2ncc(-c3ccccc3F)cc2C1=O. The Balaban J connectivity index is 1.66. The van der Waals surface area contributed by atoms with E-state index in [4.69, 9.17) is 9.47 Å². The molecule has 1 N–H and O–H groups in total. The molecule has 2 aliphatic rings. The van der Waals surface area contributed by atoms with E-state index >= 15 is 0 Å². The Bertz CT molecular complexity index is 1090. The molecule has 3 heterocycles. The minimum atomic E-state index is -0.440. The van der Waals surface area contributed by atoms with E-state index in [1.54, 1.807) is 48.0 Å². The lowest BCUT2D eigenvalue weighted by Crippen LogP contribution is -2.51. The van der Waals surface area contributed by atoms with Crippen LogP contribution >= 0.6 is 0 Å². The van der Waals surface area contributed by atoms with Crippen LogP contribution in [0.2, 0.25) is 0 Å². The monoisotopic (exact) mass is 499 g/mol. The van der Waals surface area contributed by atoms with E-state index in [0.29, 0.717) is 50.3 Å². The van der Waals surface area contributed by atoms with Gasteiger partial charge in [-0.2, -0.15) is 0 Å². The van der Waals surface area contributed by atoms with Gasteiger partial charge in [-0.3, -0.25) is 9.59 Å². The average molecular weight is 500 g/mol. The normalized spacial score (nSPS) is 21.7. The average Bonchev–Trinajstić information content (AvgIpc) is 2.90. The van der Waals surface area contributed by atoms with Crippen LogP contribution in [0.4, 0.5) is 4.39 Å². The molecule has 36 heavy (non-hydrogen) atoms. The summed E-state index contributed by atoms with van der Waals surface area (Å²) in [6.45, 7) is 5.34. The molecular weight excluding hydrogens is 465 g/mol. The summed E-state index contributed by atoms with van der Waals surface area (Å²) in [5, 5.41) is 9.85. The van der Waals surface area contributed by atoms with Crippen LogP contribution in [0.5, 0.6) is 5.88 Å². The molecule has 2 aromatic rings. The van der Waals surface area contributed by atoms with Crippen LogP contribution in [0, 0.1) is 17.7 Å². The second kappa shape index (κ2) is 11.3. The number of carbonyl (C=O) groups excluding carboxylic acids is 2. The summed E-state index contributed by atoms with van der Waals surface area (Å²) in [6.07, 6.45) is 2.45. The van der Waals surface area contributed by atoms with Gasteiger partial charge in [0.2, 0.25) is 11.8 Å². The van der Waals surface area contributed by atoms with Crippen LogP contribution in [0.15, 0.2) is 36.5 Å². The standard InChI is InChI=1S/C27H34FN3O5/c1-17-14-31(18(2)16-32)27(34)22-12-20(21-6-4-5-7-23(21)28)13-29-25(22)36-24(17)15-30(3)26(33)19-8-10-35-11-9-19/h4-7,12-13,17-19,24,32H,8-11,14-16H2,1-3H3/t17-,18+,24-/m0/s1. The lowest BCUT2D eigenvalue weighted by molar-refractivity contribution is -0.138. The number of pyridine rings is 1. The first-order chi connectivity index (χ1) is 17.3. The quantitative estimate of drug-likeness (QED) is 0.657. The van der Waals surface area contributed by atoms with Crippen molar-refractivity contribution in [1.82, 2.24) is 14.8 Å². The lowest BCUT2D eigenvalue weighted by Gasteiger charge is -2.38. The number of fused-ring (bicyclic) bond motifs is 1. The molecule has 0 radical (unpaired) electrons. The number of ether oxygens (including phenoxy) is 2. The van der Waals surface area contributed by atoms with Crippen LogP contribution in [-0.2, 0) is 9.53 Å². The topological polar surface area (TPSA) is 92.2 Å². The fourth-order valence-electron chi connectivity index (χ4n) is 4.78. The molecule has 0 bridgehead atoms. The Hall–Kier alpha value is -3.04. The third kappa shape index (κ3) is 5.52. The molecule has 0 saturated carbocycles. The van der Waals surface area contributed by atoms with Gasteiger partial charge in [-0.1, -0.05) is 25.1 Å². The highest BCUT2D eigenvalue weighted by molar-refractivity contribution is 5.98. The van der Waals surface area contributed by atoms with Crippen LogP contribution in [0.3, 0.4) is 0 Å². The number of benzene rings is 1. The number of hydrogen-bond donors (Lipinski definition) is 1. The van der Waals surface area contributed by atoms with Gasteiger partial charge in [0.1, 0.15) is 17.5 Å². The van der Waals surface area contributed by atoms with E-state index in [9.17, 15) is 19.1 Å². The van der Waals surface area contributed by atoms with Crippen LogP contribution in [-0.4, -0.2) is 83.8 Å². The van der Waals surface area contributed by atoms with Crippen molar-refractivity contribution in [2.24, 2.45) is 11.8 Å². The molecule has 194 valence electrons. The zero-order chi connectivity index (χ0) is 25.8. The molecule has 2 amide bonds. The van der Waals surface area contributed by atoms with Crippen molar-refractivity contribution in [2.45, 2.75) is 38.8 Å². The van der Waals surface area contributed by atoms with Crippen molar-refractivity contribution in [3.63, 3.8) is 0 Å². The highest BCUT2D eigenvalue weighted by Crippen LogP contribution is 2.31. The first kappa shape index (κ1) is 26.0. The third-order valence-electron chi connectivity index (χ3n) is 7.11. The number of nitrogens with zero attached hydrogens (tertiary/aromatic N) is 3. The highest BCUT2D eigenvalue weighted by atomic mass is 19.1. The summed E-state index contributed by atoms with van der Waals surface area (Å²) in [7, 11) is 1.77. The van der Waals surface area contributed by atoms with E-state index in [1.807, 2.05) is 6.92 Å². The Labute approximate surface area is 211 Å². The van der Waals surface area contributed by atoms with Crippen LogP contribution < -0.4 is 4.74 Å². The fourth-order valence-corrected chi connectivity index (χ4v) is 4.78. The predicted octanol–water partition coefficient (Wildman–Crippen LogP) is 2.99. The summed E-state index contributed by atoms with van der Waals surface area (Å²) in [4.78, 5) is 34.3. The summed E-state index contributed by atoms with van der Waals surface area (Å²) < 4.78 is 26.1. The van der Waals surface area contributed by atoms with Crippen LogP contribution in [0.25, 0.3) is 11.1 Å². The first-order valence-corrected chi connectivity index (χ1v) is 12.5. The van der Waals surface area contributed by atoms with Gasteiger partial charge in [0.25, 0.3) is 5.91 Å². The minimum absolute atomic E-state index is 0.0518. The van der Waals surface area contributed by atoms with E-state index in [1.165, 1.54) is 12.3 Å². The molecule has 0 spiro atoms. The van der Waals surface area contributed by atoms with Crippen molar-refractivity contribution in [3.8, 4) is 17.0 Å². The number of rotatable bonds is 6. The van der Waals surface area contributed by atoms with Gasteiger partial charge >= 0.3 is 0 Å². The molecule has 0 unspecified atom stereocenters. The van der Waals surface area contributed by atoms with Crippen molar-refractivity contribution < 1.29 is 28.6 Å². The number of aliphatic hydroxyl groups is 1. The molecule has 1 fully saturated rings. The van der Waals surface area contributed by atoms with E-state index < -0.39 is 18.0 Å². The summed E-state index contributed by atoms with van der Waals surface area (Å²) in [6, 6.07) is 7.45. The van der Waals surface area contributed by atoms with Gasteiger partial charge in [0.05, 0.1) is 19.2 Å². The van der Waals surface area contributed by atoms with Gasteiger partial charge in [-0.25, -0.2) is 9.37 Å². The zero-order valence-electron chi connectivity index (χ0n) is 21.0. The third-order valence-corrected chi connectivity index (χ3v) is 7.11. The van der Waals surface area contributed by atoms with Gasteiger partial charge in [0, 0.05) is 56.0 Å². The molecule has 2 aliphatic heterocycles. The molecular formula is C27H34FN3O5. The minimum Gasteiger partial charge on any atom is -0.472 e. The Morgan fingerprint density at radius 1 is 1.28 bits per heavy atom. The Kier molecular flexibility index (Phi) is 8.21. The largest absolute Gasteiger partial charge is 0.472 e. The zero-order valence-corrected chi connectivity index (χ0v) is 21.0. The molecule has 0 aliphatic carbocycles. The Morgan fingerprint density at radius 3 is 2.69 bits per heavy atom. The number of aliphatic hydroxyl groups excluding tert-OH is 1. The smallest absolute Gasteiger partial charge is 0.259 e. The van der Waals surface area contributed by atoms with Crippen LogP contribution in [0.1, 0.15) is 37.0 Å². The van der Waals surface area contributed by atoms with Gasteiger partial charge < -0.3 is 24.4 Å². The number of aromatic nitrogens is 1. The molecule has 8 nitrogen and oxygen atoms in total. The second-order valence-electron chi connectivity index (χ2n) is 9.78. The van der Waals surface area contributed by atoms with Crippen molar-refractivity contribution in [3.05, 3.63) is 47.9 Å². The van der Waals surface area contributed by atoms with Gasteiger partial charge in [-0.15, -0.1) is 0 Å². The second-order valence-corrected chi connectivity index (χ2v) is 9.78. The highest BCUT2D eigenvalue weighted by Gasteiger charge is 2.35. The summed E-state index contributed by atoms with van der Waals surface area (Å²) in [5.41, 5.74) is 0.986. The maximum absolute atomic E-state index is 14.5. The Morgan fingerprint density at radius 2 is 2.00 bits per heavy atom. The van der Waals surface area contributed by atoms with Gasteiger partial charge in [-0.05, 0) is 31.9 Å². The number of amides is 2. The molecule has 9 heteroatoms.